The fraction of sp³-hybridized carbons (Fsp3) is 0.273. The maximum atomic E-state index is 12.5. The second-order valence-electron chi connectivity index (χ2n) is 6.28. The van der Waals surface area contributed by atoms with Crippen molar-refractivity contribution in [1.29, 1.82) is 0 Å². The summed E-state index contributed by atoms with van der Waals surface area (Å²) in [4.78, 5) is 25.7. The Labute approximate surface area is 159 Å². The third kappa shape index (κ3) is 4.97. The number of allylic oxidation sites excluding steroid dienone is 1. The summed E-state index contributed by atoms with van der Waals surface area (Å²) < 4.78 is 10.6. The zero-order chi connectivity index (χ0) is 19.1. The van der Waals surface area contributed by atoms with Crippen LogP contribution in [-0.4, -0.2) is 31.6 Å². The first-order valence-electron chi connectivity index (χ1n) is 9.17. The average Bonchev–Trinajstić information content (AvgIpc) is 3.13. The first-order valence-corrected chi connectivity index (χ1v) is 9.17. The Morgan fingerprint density at radius 1 is 1.22 bits per heavy atom. The lowest BCUT2D eigenvalue weighted by atomic mass is 10.1. The average molecular weight is 365 g/mol. The number of nitrogens with zero attached hydrogens (tertiary/aromatic N) is 1. The number of hydrogen-bond acceptors (Lipinski definition) is 4. The lowest BCUT2D eigenvalue weighted by Crippen LogP contribution is -2.23. The van der Waals surface area contributed by atoms with Gasteiger partial charge in [0, 0.05) is 11.3 Å². The topological polar surface area (TPSA) is 55.8 Å². The van der Waals surface area contributed by atoms with E-state index in [0.29, 0.717) is 31.0 Å². The Morgan fingerprint density at radius 2 is 2.04 bits per heavy atom. The van der Waals surface area contributed by atoms with Crippen LogP contribution in [0.4, 0.5) is 10.5 Å². The Kier molecular flexibility index (Phi) is 6.26. The van der Waals surface area contributed by atoms with Gasteiger partial charge < -0.3 is 9.47 Å². The van der Waals surface area contributed by atoms with Crippen LogP contribution in [0.15, 0.2) is 54.6 Å². The van der Waals surface area contributed by atoms with Crippen LogP contribution in [0.25, 0.3) is 6.08 Å². The van der Waals surface area contributed by atoms with Gasteiger partial charge in [0.15, 0.2) is 5.78 Å². The van der Waals surface area contributed by atoms with Crippen molar-refractivity contribution >= 4 is 23.6 Å². The SMILES string of the molecule is CCCCOc1ccc(/C=C/C(=O)c2cccc(N3CCOC3=O)c2)cc1. The third-order valence-corrected chi connectivity index (χ3v) is 4.28. The van der Waals surface area contributed by atoms with E-state index in [1.165, 1.54) is 11.0 Å². The molecule has 5 heteroatoms. The van der Waals surface area contributed by atoms with Crippen molar-refractivity contribution in [3.8, 4) is 5.75 Å². The van der Waals surface area contributed by atoms with Crippen LogP contribution in [0.2, 0.25) is 0 Å². The number of amides is 1. The standard InChI is InChI=1S/C22H23NO4/c1-2-3-14-26-20-10-7-17(8-11-20)9-12-21(24)18-5-4-6-19(16-18)23-13-15-27-22(23)25/h4-12,16H,2-3,13-15H2,1H3/b12-9+. The van der Waals surface area contributed by atoms with E-state index in [-0.39, 0.29) is 11.9 Å². The number of anilines is 1. The smallest absolute Gasteiger partial charge is 0.414 e. The molecule has 1 heterocycles. The van der Waals surface area contributed by atoms with Crippen LogP contribution in [0.3, 0.4) is 0 Å². The predicted octanol–water partition coefficient (Wildman–Crippen LogP) is 4.72. The second kappa shape index (κ2) is 9.03. The number of carbonyl (C=O) groups is 2. The predicted molar refractivity (Wildman–Crippen MR) is 105 cm³/mol. The highest BCUT2D eigenvalue weighted by atomic mass is 16.6. The molecule has 0 saturated carbocycles. The molecule has 1 saturated heterocycles. The molecule has 0 aromatic heterocycles. The van der Waals surface area contributed by atoms with E-state index in [9.17, 15) is 9.59 Å². The van der Waals surface area contributed by atoms with E-state index in [0.717, 1.165) is 24.2 Å². The number of unbranched alkanes of at least 4 members (excludes halogenated alkanes) is 1. The molecule has 1 fully saturated rings. The van der Waals surface area contributed by atoms with Crippen molar-refractivity contribution in [3.05, 3.63) is 65.7 Å². The molecule has 0 aliphatic carbocycles. The van der Waals surface area contributed by atoms with E-state index in [1.807, 2.05) is 24.3 Å². The fourth-order valence-electron chi connectivity index (χ4n) is 2.73. The van der Waals surface area contributed by atoms with Gasteiger partial charge in [-0.1, -0.05) is 43.7 Å². The van der Waals surface area contributed by atoms with Crippen molar-refractivity contribution in [2.75, 3.05) is 24.7 Å². The maximum Gasteiger partial charge on any atom is 0.414 e. The van der Waals surface area contributed by atoms with E-state index in [4.69, 9.17) is 9.47 Å². The lowest BCUT2D eigenvalue weighted by molar-refractivity contribution is 0.104. The van der Waals surface area contributed by atoms with Gasteiger partial charge in [-0.2, -0.15) is 0 Å². The molecule has 0 N–H and O–H groups in total. The van der Waals surface area contributed by atoms with Crippen molar-refractivity contribution in [1.82, 2.24) is 0 Å². The Balaban J connectivity index is 1.63. The monoisotopic (exact) mass is 365 g/mol. The van der Waals surface area contributed by atoms with Crippen LogP contribution < -0.4 is 9.64 Å². The Bertz CT molecular complexity index is 826. The molecular formula is C22H23NO4. The van der Waals surface area contributed by atoms with Gasteiger partial charge in [0.1, 0.15) is 12.4 Å². The molecule has 0 bridgehead atoms. The van der Waals surface area contributed by atoms with Gasteiger partial charge in [-0.25, -0.2) is 4.79 Å². The number of cyclic esters (lactones) is 1. The maximum absolute atomic E-state index is 12.5. The number of rotatable bonds is 8. The molecule has 2 aromatic carbocycles. The zero-order valence-corrected chi connectivity index (χ0v) is 15.4. The molecule has 0 unspecified atom stereocenters. The minimum absolute atomic E-state index is 0.118. The van der Waals surface area contributed by atoms with Gasteiger partial charge in [0.05, 0.1) is 13.2 Å². The number of ketones is 1. The quantitative estimate of drug-likeness (QED) is 0.386. The van der Waals surface area contributed by atoms with E-state index < -0.39 is 0 Å². The normalized spacial score (nSPS) is 13.8. The minimum atomic E-state index is -0.378. The van der Waals surface area contributed by atoms with Gasteiger partial charge in [0.2, 0.25) is 0 Å². The molecule has 0 atom stereocenters. The second-order valence-corrected chi connectivity index (χ2v) is 6.28. The first kappa shape index (κ1) is 18.7. The van der Waals surface area contributed by atoms with Gasteiger partial charge >= 0.3 is 6.09 Å². The summed E-state index contributed by atoms with van der Waals surface area (Å²) in [5, 5.41) is 0. The van der Waals surface area contributed by atoms with Gasteiger partial charge in [-0.15, -0.1) is 0 Å². The van der Waals surface area contributed by atoms with E-state index in [1.54, 1.807) is 30.3 Å². The van der Waals surface area contributed by atoms with Crippen molar-refractivity contribution in [2.24, 2.45) is 0 Å². The number of ether oxygens (including phenoxy) is 2. The highest BCUT2D eigenvalue weighted by molar-refractivity contribution is 6.07. The molecule has 0 spiro atoms. The molecule has 1 aliphatic heterocycles. The Hall–Kier alpha value is -3.08. The van der Waals surface area contributed by atoms with Crippen LogP contribution in [0.1, 0.15) is 35.7 Å². The molecule has 2 aromatic rings. The molecule has 5 nitrogen and oxygen atoms in total. The summed E-state index contributed by atoms with van der Waals surface area (Å²) in [6.07, 6.45) is 5.06. The first-order chi connectivity index (χ1) is 13.2. The largest absolute Gasteiger partial charge is 0.494 e. The summed E-state index contributed by atoms with van der Waals surface area (Å²) in [6.45, 7) is 3.71. The minimum Gasteiger partial charge on any atom is -0.494 e. The molecule has 1 aliphatic rings. The molecular weight excluding hydrogens is 342 g/mol. The van der Waals surface area contributed by atoms with Crippen LogP contribution >= 0.6 is 0 Å². The summed E-state index contributed by atoms with van der Waals surface area (Å²) in [5.74, 6) is 0.713. The van der Waals surface area contributed by atoms with E-state index in [2.05, 4.69) is 6.92 Å². The summed E-state index contributed by atoms with van der Waals surface area (Å²) in [5.41, 5.74) is 2.12. The van der Waals surface area contributed by atoms with Gasteiger partial charge in [-0.3, -0.25) is 9.69 Å². The molecule has 0 radical (unpaired) electrons. The van der Waals surface area contributed by atoms with Crippen LogP contribution in [0, 0.1) is 0 Å². The lowest BCUT2D eigenvalue weighted by Gasteiger charge is -2.13. The van der Waals surface area contributed by atoms with Crippen molar-refractivity contribution in [2.45, 2.75) is 19.8 Å². The fourth-order valence-corrected chi connectivity index (χ4v) is 2.73. The summed E-state index contributed by atoms with van der Waals surface area (Å²) >= 11 is 0. The highest BCUT2D eigenvalue weighted by Crippen LogP contribution is 2.21. The van der Waals surface area contributed by atoms with Crippen molar-refractivity contribution < 1.29 is 19.1 Å². The van der Waals surface area contributed by atoms with E-state index >= 15 is 0 Å². The molecule has 27 heavy (non-hydrogen) atoms. The molecule has 140 valence electrons. The summed E-state index contributed by atoms with van der Waals surface area (Å²) in [6, 6.07) is 14.7. The van der Waals surface area contributed by atoms with Crippen molar-refractivity contribution in [3.63, 3.8) is 0 Å². The number of hydrogen-bond donors (Lipinski definition) is 0. The van der Waals surface area contributed by atoms with Gasteiger partial charge in [-0.05, 0) is 42.3 Å². The Morgan fingerprint density at radius 3 is 2.74 bits per heavy atom. The molecule has 1 amide bonds. The third-order valence-electron chi connectivity index (χ3n) is 4.28. The highest BCUT2D eigenvalue weighted by Gasteiger charge is 2.23. The zero-order valence-electron chi connectivity index (χ0n) is 15.4. The molecule has 3 rings (SSSR count). The number of carbonyl (C=O) groups excluding carboxylic acids is 2. The van der Waals surface area contributed by atoms with Crippen LogP contribution in [0.5, 0.6) is 5.75 Å². The number of benzene rings is 2. The van der Waals surface area contributed by atoms with Gasteiger partial charge in [0.25, 0.3) is 0 Å². The summed E-state index contributed by atoms with van der Waals surface area (Å²) in [7, 11) is 0. The van der Waals surface area contributed by atoms with Crippen LogP contribution in [-0.2, 0) is 4.74 Å².